The molecule has 2 aromatic rings. The highest BCUT2D eigenvalue weighted by molar-refractivity contribution is 7.89. The van der Waals surface area contributed by atoms with Crippen molar-refractivity contribution in [2.75, 3.05) is 5.32 Å². The number of sulfonamides is 1. The van der Waals surface area contributed by atoms with Gasteiger partial charge in [-0.2, -0.15) is 0 Å². The maximum Gasteiger partial charge on any atom is 0.258 e. The number of halogens is 3. The van der Waals surface area contributed by atoms with Gasteiger partial charge in [-0.25, -0.2) is 17.5 Å². The summed E-state index contributed by atoms with van der Waals surface area (Å²) in [4.78, 5) is 12.3. The van der Waals surface area contributed by atoms with E-state index < -0.39 is 21.7 Å². The molecule has 0 spiro atoms. The number of hydrogen-bond donors (Lipinski definition) is 2. The Morgan fingerprint density at radius 1 is 1.10 bits per heavy atom. The quantitative estimate of drug-likeness (QED) is 0.620. The second kappa shape index (κ2) is 9.00. The lowest BCUT2D eigenvalue weighted by atomic mass is 10.0. The highest BCUT2D eigenvalue weighted by Gasteiger charge is 2.27. The monoisotopic (exact) mass is 458 g/mol. The Balaban J connectivity index is 1.81. The van der Waals surface area contributed by atoms with Crippen LogP contribution in [-0.4, -0.2) is 20.4 Å². The number of amides is 1. The van der Waals surface area contributed by atoms with Crippen LogP contribution in [0.4, 0.5) is 10.1 Å². The molecule has 1 saturated carbocycles. The summed E-state index contributed by atoms with van der Waals surface area (Å²) in [6.45, 7) is 1.83. The van der Waals surface area contributed by atoms with Gasteiger partial charge in [-0.15, -0.1) is 0 Å². The summed E-state index contributed by atoms with van der Waals surface area (Å²) in [5.74, 6) is -1.34. The number of benzene rings is 2. The van der Waals surface area contributed by atoms with Crippen molar-refractivity contribution in [3.8, 4) is 0 Å². The summed E-state index contributed by atoms with van der Waals surface area (Å²) in [7, 11) is -3.89. The first-order valence-corrected chi connectivity index (χ1v) is 11.5. The van der Waals surface area contributed by atoms with E-state index in [1.165, 1.54) is 18.2 Å². The van der Waals surface area contributed by atoms with Crippen molar-refractivity contribution in [2.45, 2.75) is 43.5 Å². The van der Waals surface area contributed by atoms with Crippen LogP contribution in [0.15, 0.2) is 41.3 Å². The summed E-state index contributed by atoms with van der Waals surface area (Å²) in [5, 5.41) is 3.03. The second-order valence-electron chi connectivity index (χ2n) is 7.18. The van der Waals surface area contributed by atoms with E-state index in [-0.39, 0.29) is 27.4 Å². The Labute approximate surface area is 179 Å². The van der Waals surface area contributed by atoms with Gasteiger partial charge in [0, 0.05) is 11.7 Å². The first-order valence-electron chi connectivity index (χ1n) is 9.25. The number of rotatable bonds is 6. The van der Waals surface area contributed by atoms with Crippen molar-refractivity contribution in [2.24, 2.45) is 5.92 Å². The molecule has 0 unspecified atom stereocenters. The third kappa shape index (κ3) is 5.28. The fourth-order valence-corrected chi connectivity index (χ4v) is 5.12. The van der Waals surface area contributed by atoms with E-state index in [0.717, 1.165) is 43.9 Å². The van der Waals surface area contributed by atoms with Crippen LogP contribution in [0.3, 0.4) is 0 Å². The van der Waals surface area contributed by atoms with E-state index in [4.69, 9.17) is 23.2 Å². The van der Waals surface area contributed by atoms with Gasteiger partial charge in [0.1, 0.15) is 5.82 Å². The van der Waals surface area contributed by atoms with Crippen molar-refractivity contribution in [3.63, 3.8) is 0 Å². The molecule has 3 rings (SSSR count). The largest absolute Gasteiger partial charge is 0.322 e. The van der Waals surface area contributed by atoms with Crippen LogP contribution in [0.25, 0.3) is 0 Å². The molecule has 2 N–H and O–H groups in total. The van der Waals surface area contributed by atoms with Crippen molar-refractivity contribution in [1.29, 1.82) is 0 Å². The van der Waals surface area contributed by atoms with Gasteiger partial charge in [-0.1, -0.05) is 36.0 Å². The minimum Gasteiger partial charge on any atom is -0.322 e. The Bertz CT molecular complexity index is 1020. The van der Waals surface area contributed by atoms with Crippen molar-refractivity contribution in [1.82, 2.24) is 4.72 Å². The van der Waals surface area contributed by atoms with Crippen molar-refractivity contribution < 1.29 is 17.6 Å². The van der Waals surface area contributed by atoms with Gasteiger partial charge in [0.05, 0.1) is 20.5 Å². The number of anilines is 1. The average Bonchev–Trinajstić information content (AvgIpc) is 3.19. The number of hydrogen-bond acceptors (Lipinski definition) is 3. The fourth-order valence-electron chi connectivity index (χ4n) is 3.48. The van der Waals surface area contributed by atoms with Crippen LogP contribution >= 0.6 is 23.2 Å². The molecule has 1 aliphatic rings. The molecule has 0 aromatic heterocycles. The molecule has 5 nitrogen and oxygen atoms in total. The molecule has 1 atom stereocenters. The van der Waals surface area contributed by atoms with Crippen LogP contribution in [-0.2, 0) is 10.0 Å². The Hall–Kier alpha value is -1.67. The number of nitrogens with one attached hydrogen (secondary N) is 2. The van der Waals surface area contributed by atoms with E-state index in [0.29, 0.717) is 10.7 Å². The van der Waals surface area contributed by atoms with E-state index in [1.807, 2.05) is 6.92 Å². The second-order valence-corrected chi connectivity index (χ2v) is 9.71. The predicted octanol–water partition coefficient (Wildman–Crippen LogP) is 5.24. The fraction of sp³-hybridized carbons (Fsp3) is 0.350. The first-order chi connectivity index (χ1) is 13.7. The molecule has 2 aromatic carbocycles. The maximum absolute atomic E-state index is 14.2. The SMILES string of the molecule is C[C@@H](NS(=O)(=O)c1ccc(F)c(C(=O)Nc2ccc(Cl)c(Cl)c2)c1)C1CCCC1. The molecule has 29 heavy (non-hydrogen) atoms. The molecule has 0 bridgehead atoms. The maximum atomic E-state index is 14.2. The van der Waals surface area contributed by atoms with E-state index >= 15 is 0 Å². The van der Waals surface area contributed by atoms with Gasteiger partial charge in [0.25, 0.3) is 5.91 Å². The Morgan fingerprint density at radius 3 is 2.45 bits per heavy atom. The van der Waals surface area contributed by atoms with Crippen LogP contribution in [0, 0.1) is 11.7 Å². The Morgan fingerprint density at radius 2 is 1.79 bits per heavy atom. The zero-order valence-electron chi connectivity index (χ0n) is 15.7. The Kier molecular flexibility index (Phi) is 6.83. The summed E-state index contributed by atoms with van der Waals surface area (Å²) in [6, 6.07) is 7.34. The lowest BCUT2D eigenvalue weighted by molar-refractivity contribution is 0.102. The molecule has 1 amide bonds. The standard InChI is InChI=1S/C20H21Cl2FN2O3S/c1-12(13-4-2-3-5-13)25-29(27,28)15-7-9-19(23)16(11-15)20(26)24-14-6-8-17(21)18(22)10-14/h6-13,25H,2-5H2,1H3,(H,24,26)/t12-/m1/s1. The van der Waals surface area contributed by atoms with Gasteiger partial charge < -0.3 is 5.32 Å². The van der Waals surface area contributed by atoms with E-state index in [1.54, 1.807) is 0 Å². The van der Waals surface area contributed by atoms with Gasteiger partial charge in [-0.05, 0) is 62.1 Å². The zero-order valence-corrected chi connectivity index (χ0v) is 18.0. The summed E-state index contributed by atoms with van der Waals surface area (Å²) >= 11 is 11.8. The third-order valence-corrected chi connectivity index (χ3v) is 7.41. The summed E-state index contributed by atoms with van der Waals surface area (Å²) < 4.78 is 42.3. The molecule has 1 aliphatic carbocycles. The molecule has 0 saturated heterocycles. The lowest BCUT2D eigenvalue weighted by Gasteiger charge is -2.20. The van der Waals surface area contributed by atoms with Crippen molar-refractivity contribution in [3.05, 3.63) is 57.8 Å². The topological polar surface area (TPSA) is 75.3 Å². The van der Waals surface area contributed by atoms with Crippen molar-refractivity contribution >= 4 is 44.8 Å². The van der Waals surface area contributed by atoms with Crippen LogP contribution in [0.1, 0.15) is 43.0 Å². The molecular weight excluding hydrogens is 438 g/mol. The molecule has 0 aliphatic heterocycles. The normalized spacial score (nSPS) is 16.0. The summed E-state index contributed by atoms with van der Waals surface area (Å²) in [6.07, 6.45) is 4.13. The predicted molar refractivity (Wildman–Crippen MR) is 113 cm³/mol. The lowest BCUT2D eigenvalue weighted by Crippen LogP contribution is -2.37. The molecule has 0 radical (unpaired) electrons. The highest BCUT2D eigenvalue weighted by atomic mass is 35.5. The van der Waals surface area contributed by atoms with Gasteiger partial charge in [-0.3, -0.25) is 4.79 Å². The molecule has 9 heteroatoms. The minimum absolute atomic E-state index is 0.164. The zero-order chi connectivity index (χ0) is 21.2. The first kappa shape index (κ1) is 22.0. The van der Waals surface area contributed by atoms with Gasteiger partial charge in [0.2, 0.25) is 10.0 Å². The molecule has 1 fully saturated rings. The molecular formula is C20H21Cl2FN2O3S. The highest BCUT2D eigenvalue weighted by Crippen LogP contribution is 2.29. The molecule has 0 heterocycles. The van der Waals surface area contributed by atoms with E-state index in [2.05, 4.69) is 10.0 Å². The number of carbonyl (C=O) groups excluding carboxylic acids is 1. The third-order valence-electron chi connectivity index (χ3n) is 5.12. The minimum atomic E-state index is -3.89. The average molecular weight is 459 g/mol. The van der Waals surface area contributed by atoms with Crippen LogP contribution < -0.4 is 10.0 Å². The van der Waals surface area contributed by atoms with E-state index in [9.17, 15) is 17.6 Å². The smallest absolute Gasteiger partial charge is 0.258 e. The molecule has 156 valence electrons. The summed E-state index contributed by atoms with van der Waals surface area (Å²) in [5.41, 5.74) is -0.0718. The van der Waals surface area contributed by atoms with Gasteiger partial charge >= 0.3 is 0 Å². The number of carbonyl (C=O) groups is 1. The van der Waals surface area contributed by atoms with Crippen LogP contribution in [0.5, 0.6) is 0 Å². The van der Waals surface area contributed by atoms with Crippen LogP contribution in [0.2, 0.25) is 10.0 Å². The van der Waals surface area contributed by atoms with Gasteiger partial charge in [0.15, 0.2) is 0 Å².